The molecule has 0 radical (unpaired) electrons. The molecule has 1 unspecified atom stereocenters. The number of hydrogen-bond acceptors (Lipinski definition) is 4. The summed E-state index contributed by atoms with van der Waals surface area (Å²) in [6, 6.07) is 6.99. The molecule has 0 aromatic carbocycles. The van der Waals surface area contributed by atoms with Gasteiger partial charge in [0.2, 0.25) is 0 Å². The number of aromatic nitrogens is 1. The van der Waals surface area contributed by atoms with Gasteiger partial charge in [-0.2, -0.15) is 0 Å². The average molecular weight is 290 g/mol. The van der Waals surface area contributed by atoms with Gasteiger partial charge in [0.15, 0.2) is 0 Å². The van der Waals surface area contributed by atoms with Crippen molar-refractivity contribution in [3.8, 4) is 0 Å². The number of thioether (sulfide) groups is 1. The van der Waals surface area contributed by atoms with Gasteiger partial charge in [-0.3, -0.25) is 4.98 Å². The average Bonchev–Trinajstić information content (AvgIpc) is 2.85. The summed E-state index contributed by atoms with van der Waals surface area (Å²) in [7, 11) is 0. The lowest BCUT2D eigenvalue weighted by Gasteiger charge is -2.27. The maximum absolute atomic E-state index is 4.35. The SMILES string of the molecule is Cc1ccc(CNC2C[C@H](C)Sc3sccc32)cn1. The molecular weight excluding hydrogens is 272 g/mol. The Morgan fingerprint density at radius 1 is 1.37 bits per heavy atom. The normalized spacial score (nSPS) is 22.2. The lowest BCUT2D eigenvalue weighted by molar-refractivity contribution is 0.488. The van der Waals surface area contributed by atoms with Crippen molar-refractivity contribution in [3.05, 3.63) is 46.6 Å². The van der Waals surface area contributed by atoms with Crippen molar-refractivity contribution in [2.24, 2.45) is 0 Å². The van der Waals surface area contributed by atoms with Crippen molar-refractivity contribution in [2.75, 3.05) is 0 Å². The Hall–Kier alpha value is -0.840. The Balaban J connectivity index is 1.69. The minimum atomic E-state index is 0.485. The van der Waals surface area contributed by atoms with Gasteiger partial charge in [0.05, 0.1) is 4.21 Å². The summed E-state index contributed by atoms with van der Waals surface area (Å²) in [6.45, 7) is 5.23. The summed E-state index contributed by atoms with van der Waals surface area (Å²) in [5, 5.41) is 6.58. The van der Waals surface area contributed by atoms with Gasteiger partial charge in [-0.05, 0) is 42.0 Å². The Morgan fingerprint density at radius 3 is 3.05 bits per heavy atom. The molecule has 0 aliphatic carbocycles. The highest BCUT2D eigenvalue weighted by molar-refractivity contribution is 8.01. The summed E-state index contributed by atoms with van der Waals surface area (Å²) >= 11 is 3.88. The van der Waals surface area contributed by atoms with E-state index < -0.39 is 0 Å². The molecule has 3 rings (SSSR count). The quantitative estimate of drug-likeness (QED) is 0.918. The molecule has 1 aliphatic rings. The Morgan fingerprint density at radius 2 is 2.26 bits per heavy atom. The molecule has 2 aromatic heterocycles. The second-order valence-electron chi connectivity index (χ2n) is 5.07. The first kappa shape index (κ1) is 13.2. The molecule has 4 heteroatoms. The number of nitrogens with one attached hydrogen (secondary N) is 1. The lowest BCUT2D eigenvalue weighted by Crippen LogP contribution is -2.26. The second-order valence-corrected chi connectivity index (χ2v) is 7.69. The van der Waals surface area contributed by atoms with Crippen LogP contribution in [0.4, 0.5) is 0 Å². The van der Waals surface area contributed by atoms with Crippen molar-refractivity contribution in [2.45, 2.75) is 42.3 Å². The van der Waals surface area contributed by atoms with Crippen LogP contribution in [0, 0.1) is 6.92 Å². The maximum atomic E-state index is 4.35. The van der Waals surface area contributed by atoms with Crippen molar-refractivity contribution >= 4 is 23.1 Å². The van der Waals surface area contributed by atoms with E-state index in [0.717, 1.165) is 12.2 Å². The van der Waals surface area contributed by atoms with E-state index in [1.165, 1.54) is 21.8 Å². The monoisotopic (exact) mass is 290 g/mol. The first-order chi connectivity index (χ1) is 9.22. The van der Waals surface area contributed by atoms with E-state index in [0.29, 0.717) is 11.3 Å². The standard InChI is InChI=1S/C15H18N2S2/c1-10-3-4-12(8-16-10)9-17-14-7-11(2)19-15-13(14)5-6-18-15/h3-6,8,11,14,17H,7,9H2,1-2H3/t11-,14?/m0/s1. The Labute approximate surface area is 122 Å². The zero-order valence-electron chi connectivity index (χ0n) is 11.2. The lowest BCUT2D eigenvalue weighted by atomic mass is 10.0. The van der Waals surface area contributed by atoms with E-state index in [4.69, 9.17) is 0 Å². The van der Waals surface area contributed by atoms with Crippen LogP contribution < -0.4 is 5.32 Å². The highest BCUT2D eigenvalue weighted by atomic mass is 32.2. The fourth-order valence-electron chi connectivity index (χ4n) is 2.39. The van der Waals surface area contributed by atoms with Crippen LogP contribution in [0.2, 0.25) is 0 Å². The van der Waals surface area contributed by atoms with E-state index in [-0.39, 0.29) is 0 Å². The van der Waals surface area contributed by atoms with E-state index in [9.17, 15) is 0 Å². The molecule has 2 nitrogen and oxygen atoms in total. The molecule has 19 heavy (non-hydrogen) atoms. The van der Waals surface area contributed by atoms with Crippen LogP contribution in [-0.4, -0.2) is 10.2 Å². The van der Waals surface area contributed by atoms with Crippen LogP contribution in [0.3, 0.4) is 0 Å². The molecule has 100 valence electrons. The van der Waals surface area contributed by atoms with E-state index in [1.807, 2.05) is 36.2 Å². The number of aryl methyl sites for hydroxylation is 1. The third-order valence-corrected chi connectivity index (χ3v) is 5.78. The van der Waals surface area contributed by atoms with Gasteiger partial charge < -0.3 is 5.32 Å². The number of nitrogens with zero attached hydrogens (tertiary/aromatic N) is 1. The molecule has 1 aliphatic heterocycles. The first-order valence-corrected chi connectivity index (χ1v) is 8.37. The zero-order valence-corrected chi connectivity index (χ0v) is 12.9. The second kappa shape index (κ2) is 5.65. The molecule has 3 heterocycles. The molecule has 1 N–H and O–H groups in total. The third kappa shape index (κ3) is 3.02. The predicted octanol–water partition coefficient (Wildman–Crippen LogP) is 4.17. The number of thiophene rings is 1. The summed E-state index contributed by atoms with van der Waals surface area (Å²) in [4.78, 5) is 4.35. The first-order valence-electron chi connectivity index (χ1n) is 6.61. The van der Waals surface area contributed by atoms with Crippen molar-refractivity contribution < 1.29 is 0 Å². The molecule has 0 amide bonds. The summed E-state index contributed by atoms with van der Waals surface area (Å²) in [5.74, 6) is 0. The molecule has 0 spiro atoms. The minimum absolute atomic E-state index is 0.485. The van der Waals surface area contributed by atoms with Crippen LogP contribution in [0.25, 0.3) is 0 Å². The molecule has 0 saturated carbocycles. The van der Waals surface area contributed by atoms with E-state index in [1.54, 1.807) is 0 Å². The number of pyridine rings is 1. The smallest absolute Gasteiger partial charge is 0.0649 e. The molecule has 0 fully saturated rings. The van der Waals surface area contributed by atoms with Crippen LogP contribution in [-0.2, 0) is 6.54 Å². The van der Waals surface area contributed by atoms with Crippen LogP contribution in [0.15, 0.2) is 34.0 Å². The van der Waals surface area contributed by atoms with Crippen molar-refractivity contribution in [1.82, 2.24) is 10.3 Å². The third-order valence-electron chi connectivity index (χ3n) is 3.43. The maximum Gasteiger partial charge on any atom is 0.0649 e. The fourth-order valence-corrected chi connectivity index (χ4v) is 4.95. The number of rotatable bonds is 3. The minimum Gasteiger partial charge on any atom is -0.306 e. The van der Waals surface area contributed by atoms with Gasteiger partial charge >= 0.3 is 0 Å². The molecule has 0 bridgehead atoms. The summed E-state index contributed by atoms with van der Waals surface area (Å²) in [5.41, 5.74) is 3.81. The molecule has 0 saturated heterocycles. The topological polar surface area (TPSA) is 24.9 Å². The van der Waals surface area contributed by atoms with Gasteiger partial charge in [0.25, 0.3) is 0 Å². The predicted molar refractivity (Wildman–Crippen MR) is 82.8 cm³/mol. The number of fused-ring (bicyclic) bond motifs is 1. The molecule has 2 atom stereocenters. The Kier molecular flexibility index (Phi) is 3.91. The van der Waals surface area contributed by atoms with Crippen LogP contribution in [0.5, 0.6) is 0 Å². The highest BCUT2D eigenvalue weighted by Crippen LogP contribution is 2.43. The van der Waals surface area contributed by atoms with Crippen LogP contribution in [0.1, 0.15) is 36.2 Å². The van der Waals surface area contributed by atoms with Crippen molar-refractivity contribution in [3.63, 3.8) is 0 Å². The molecular formula is C15H18N2S2. The Bertz CT molecular complexity index is 548. The van der Waals surface area contributed by atoms with Crippen molar-refractivity contribution in [1.29, 1.82) is 0 Å². The van der Waals surface area contributed by atoms with Gasteiger partial charge in [0, 0.05) is 29.7 Å². The van der Waals surface area contributed by atoms with Gasteiger partial charge in [0.1, 0.15) is 0 Å². The largest absolute Gasteiger partial charge is 0.306 e. The van der Waals surface area contributed by atoms with E-state index in [2.05, 4.69) is 40.8 Å². The summed E-state index contributed by atoms with van der Waals surface area (Å²) < 4.78 is 1.48. The number of hydrogen-bond donors (Lipinski definition) is 1. The van der Waals surface area contributed by atoms with Crippen LogP contribution >= 0.6 is 23.1 Å². The van der Waals surface area contributed by atoms with E-state index >= 15 is 0 Å². The zero-order chi connectivity index (χ0) is 13.2. The molecule has 2 aromatic rings. The van der Waals surface area contributed by atoms with Gasteiger partial charge in [-0.25, -0.2) is 0 Å². The van der Waals surface area contributed by atoms with Gasteiger partial charge in [-0.1, -0.05) is 13.0 Å². The van der Waals surface area contributed by atoms with Gasteiger partial charge in [-0.15, -0.1) is 23.1 Å². The summed E-state index contributed by atoms with van der Waals surface area (Å²) in [6.07, 6.45) is 3.17. The fraction of sp³-hybridized carbons (Fsp3) is 0.400. The highest BCUT2D eigenvalue weighted by Gasteiger charge is 2.25.